The van der Waals surface area contributed by atoms with Crippen LogP contribution < -0.4 is 5.32 Å². The van der Waals surface area contributed by atoms with Gasteiger partial charge in [0.2, 0.25) is 0 Å². The van der Waals surface area contributed by atoms with Gasteiger partial charge in [-0.1, -0.05) is 23.8 Å². The van der Waals surface area contributed by atoms with Gasteiger partial charge >= 0.3 is 0 Å². The van der Waals surface area contributed by atoms with Gasteiger partial charge in [-0.15, -0.1) is 0 Å². The summed E-state index contributed by atoms with van der Waals surface area (Å²) >= 11 is 0. The van der Waals surface area contributed by atoms with Crippen molar-refractivity contribution in [3.8, 4) is 0 Å². The lowest BCUT2D eigenvalue weighted by Crippen LogP contribution is -2.10. The first-order valence-electron chi connectivity index (χ1n) is 6.33. The summed E-state index contributed by atoms with van der Waals surface area (Å²) < 4.78 is 0. The van der Waals surface area contributed by atoms with Gasteiger partial charge in [-0.25, -0.2) is 0 Å². The van der Waals surface area contributed by atoms with Crippen molar-refractivity contribution in [2.24, 2.45) is 0 Å². The summed E-state index contributed by atoms with van der Waals surface area (Å²) in [6.07, 6.45) is 1.84. The monoisotopic (exact) mass is 240 g/mol. The molecule has 94 valence electrons. The van der Waals surface area contributed by atoms with Crippen LogP contribution in [0.4, 0.5) is 5.69 Å². The summed E-state index contributed by atoms with van der Waals surface area (Å²) in [5, 5.41) is 3.56. The number of benzene rings is 1. The molecule has 2 nitrogen and oxygen atoms in total. The molecule has 0 bridgehead atoms. The van der Waals surface area contributed by atoms with Gasteiger partial charge in [0.1, 0.15) is 0 Å². The molecule has 2 aromatic rings. The molecule has 0 amide bonds. The van der Waals surface area contributed by atoms with E-state index in [-0.39, 0.29) is 6.04 Å². The molecule has 1 aromatic heterocycles. The van der Waals surface area contributed by atoms with Crippen molar-refractivity contribution in [3.05, 3.63) is 58.9 Å². The fourth-order valence-corrected chi connectivity index (χ4v) is 2.33. The van der Waals surface area contributed by atoms with E-state index in [4.69, 9.17) is 0 Å². The molecular weight excluding hydrogens is 220 g/mol. The second-order valence-corrected chi connectivity index (χ2v) is 4.89. The molecule has 2 heteroatoms. The Morgan fingerprint density at radius 1 is 1.06 bits per heavy atom. The molecule has 0 spiro atoms. The maximum absolute atomic E-state index is 4.39. The summed E-state index contributed by atoms with van der Waals surface area (Å²) in [6.45, 7) is 8.56. The maximum atomic E-state index is 4.39. The highest BCUT2D eigenvalue weighted by Gasteiger charge is 2.09. The lowest BCUT2D eigenvalue weighted by molar-refractivity contribution is 0.836. The zero-order valence-corrected chi connectivity index (χ0v) is 11.5. The van der Waals surface area contributed by atoms with E-state index in [0.29, 0.717) is 0 Å². The molecule has 0 saturated carbocycles. The Balaban J connectivity index is 2.25. The number of hydrogen-bond acceptors (Lipinski definition) is 2. The average Bonchev–Trinajstić information content (AvgIpc) is 2.34. The van der Waals surface area contributed by atoms with Crippen molar-refractivity contribution < 1.29 is 0 Å². The smallest absolute Gasteiger partial charge is 0.0657 e. The van der Waals surface area contributed by atoms with Gasteiger partial charge in [0.15, 0.2) is 0 Å². The van der Waals surface area contributed by atoms with Crippen molar-refractivity contribution in [2.45, 2.75) is 33.7 Å². The van der Waals surface area contributed by atoms with Crippen LogP contribution in [0.5, 0.6) is 0 Å². The second-order valence-electron chi connectivity index (χ2n) is 4.89. The lowest BCUT2D eigenvalue weighted by Gasteiger charge is -2.19. The van der Waals surface area contributed by atoms with Crippen molar-refractivity contribution in [1.82, 2.24) is 4.98 Å². The Morgan fingerprint density at radius 2 is 1.72 bits per heavy atom. The van der Waals surface area contributed by atoms with Crippen LogP contribution in [-0.2, 0) is 0 Å². The summed E-state index contributed by atoms with van der Waals surface area (Å²) in [7, 11) is 0. The Bertz CT molecular complexity index is 509. The molecule has 0 aliphatic rings. The summed E-state index contributed by atoms with van der Waals surface area (Å²) in [5.74, 6) is 0. The normalized spacial score (nSPS) is 12.2. The van der Waals surface area contributed by atoms with E-state index in [2.05, 4.69) is 56.2 Å². The van der Waals surface area contributed by atoms with Gasteiger partial charge in [0.05, 0.1) is 11.7 Å². The summed E-state index contributed by atoms with van der Waals surface area (Å²) in [5.41, 5.74) is 6.17. The SMILES string of the molecule is Cc1cc(C)c(NC(C)c2ccccn2)c(C)c1. The van der Waals surface area contributed by atoms with Crippen LogP contribution in [-0.4, -0.2) is 4.98 Å². The number of rotatable bonds is 3. The van der Waals surface area contributed by atoms with Gasteiger partial charge in [0, 0.05) is 11.9 Å². The first kappa shape index (κ1) is 12.6. The van der Waals surface area contributed by atoms with Crippen molar-refractivity contribution in [2.75, 3.05) is 5.32 Å². The van der Waals surface area contributed by atoms with Gasteiger partial charge in [-0.05, 0) is 51.0 Å². The van der Waals surface area contributed by atoms with Gasteiger partial charge in [-0.2, -0.15) is 0 Å². The van der Waals surface area contributed by atoms with E-state index < -0.39 is 0 Å². The highest BCUT2D eigenvalue weighted by Crippen LogP contribution is 2.25. The number of pyridine rings is 1. The molecule has 1 atom stereocenters. The molecule has 1 heterocycles. The van der Waals surface area contributed by atoms with Crippen LogP contribution in [0.1, 0.15) is 35.3 Å². The number of aryl methyl sites for hydroxylation is 3. The standard InChI is InChI=1S/C16H20N2/c1-11-9-12(2)16(13(3)10-11)18-14(4)15-7-5-6-8-17-15/h5-10,14,18H,1-4H3. The second kappa shape index (κ2) is 5.21. The van der Waals surface area contributed by atoms with Crippen molar-refractivity contribution >= 4 is 5.69 Å². The van der Waals surface area contributed by atoms with Crippen LogP contribution >= 0.6 is 0 Å². The predicted molar refractivity (Wildman–Crippen MR) is 76.9 cm³/mol. The number of hydrogen-bond donors (Lipinski definition) is 1. The minimum absolute atomic E-state index is 0.214. The van der Waals surface area contributed by atoms with Crippen LogP contribution in [0.15, 0.2) is 36.5 Å². The average molecular weight is 240 g/mol. The maximum Gasteiger partial charge on any atom is 0.0657 e. The summed E-state index contributed by atoms with van der Waals surface area (Å²) in [4.78, 5) is 4.39. The van der Waals surface area contributed by atoms with Crippen LogP contribution in [0.25, 0.3) is 0 Å². The van der Waals surface area contributed by atoms with Gasteiger partial charge in [-0.3, -0.25) is 4.98 Å². The highest BCUT2D eigenvalue weighted by atomic mass is 14.9. The zero-order chi connectivity index (χ0) is 13.1. The highest BCUT2D eigenvalue weighted by molar-refractivity contribution is 5.59. The molecule has 1 N–H and O–H groups in total. The van der Waals surface area contributed by atoms with Crippen molar-refractivity contribution in [3.63, 3.8) is 0 Å². The predicted octanol–water partition coefficient (Wildman–Crippen LogP) is 4.18. The fourth-order valence-electron chi connectivity index (χ4n) is 2.33. The topological polar surface area (TPSA) is 24.9 Å². The zero-order valence-electron chi connectivity index (χ0n) is 11.5. The molecule has 0 radical (unpaired) electrons. The van der Waals surface area contributed by atoms with Crippen LogP contribution in [0.3, 0.4) is 0 Å². The largest absolute Gasteiger partial charge is 0.377 e. The third-order valence-corrected chi connectivity index (χ3v) is 3.17. The van der Waals surface area contributed by atoms with E-state index in [0.717, 1.165) is 5.69 Å². The van der Waals surface area contributed by atoms with Crippen molar-refractivity contribution in [1.29, 1.82) is 0 Å². The fraction of sp³-hybridized carbons (Fsp3) is 0.312. The molecule has 0 saturated heterocycles. The number of aromatic nitrogens is 1. The van der Waals surface area contributed by atoms with E-state index in [1.54, 1.807) is 0 Å². The number of anilines is 1. The molecule has 0 aliphatic carbocycles. The Kier molecular flexibility index (Phi) is 3.66. The molecule has 0 aliphatic heterocycles. The number of nitrogens with zero attached hydrogens (tertiary/aromatic N) is 1. The van der Waals surface area contributed by atoms with Gasteiger partial charge < -0.3 is 5.32 Å². The lowest BCUT2D eigenvalue weighted by atomic mass is 10.0. The minimum Gasteiger partial charge on any atom is -0.377 e. The first-order chi connectivity index (χ1) is 8.58. The third-order valence-electron chi connectivity index (χ3n) is 3.17. The Morgan fingerprint density at radius 3 is 2.28 bits per heavy atom. The van der Waals surface area contributed by atoms with E-state index in [1.807, 2.05) is 18.3 Å². The molecule has 1 unspecified atom stereocenters. The molecular formula is C16H20N2. The van der Waals surface area contributed by atoms with E-state index in [1.165, 1.54) is 22.4 Å². The van der Waals surface area contributed by atoms with E-state index >= 15 is 0 Å². The first-order valence-corrected chi connectivity index (χ1v) is 6.33. The Labute approximate surface area is 109 Å². The summed E-state index contributed by atoms with van der Waals surface area (Å²) in [6, 6.07) is 10.7. The van der Waals surface area contributed by atoms with E-state index in [9.17, 15) is 0 Å². The quantitative estimate of drug-likeness (QED) is 0.870. The van der Waals surface area contributed by atoms with Gasteiger partial charge in [0.25, 0.3) is 0 Å². The number of nitrogens with one attached hydrogen (secondary N) is 1. The minimum atomic E-state index is 0.214. The van der Waals surface area contributed by atoms with Crippen LogP contribution in [0, 0.1) is 20.8 Å². The third kappa shape index (κ3) is 2.70. The van der Waals surface area contributed by atoms with Crippen LogP contribution in [0.2, 0.25) is 0 Å². The molecule has 0 fully saturated rings. The molecule has 1 aromatic carbocycles. The Hall–Kier alpha value is -1.83. The molecule has 2 rings (SSSR count). The molecule has 18 heavy (non-hydrogen) atoms.